The first kappa shape index (κ1) is 22.1. The molecule has 1 saturated heterocycles. The molecule has 0 bridgehead atoms. The Labute approximate surface area is 191 Å². The normalized spacial score (nSPS) is 17.3. The van der Waals surface area contributed by atoms with Crippen LogP contribution in [0.5, 0.6) is 11.5 Å². The Bertz CT molecular complexity index is 1240. The number of carbonyl (C=O) groups is 2. The van der Waals surface area contributed by atoms with Crippen LogP contribution in [0.4, 0.5) is 0 Å². The third kappa shape index (κ3) is 4.17. The summed E-state index contributed by atoms with van der Waals surface area (Å²) in [6.45, 7) is 1.92. The summed E-state index contributed by atoms with van der Waals surface area (Å²) >= 11 is 0. The number of aliphatic hydroxyl groups is 1. The molecule has 2 heterocycles. The fraction of sp³-hybridized carbons (Fsp3) is 0.192. The van der Waals surface area contributed by atoms with E-state index in [1.54, 1.807) is 75.0 Å². The van der Waals surface area contributed by atoms with Crippen LogP contribution in [0.2, 0.25) is 0 Å². The van der Waals surface area contributed by atoms with Crippen LogP contribution in [0.1, 0.15) is 28.4 Å². The highest BCUT2D eigenvalue weighted by atomic mass is 16.5. The maximum absolute atomic E-state index is 13.2. The zero-order chi connectivity index (χ0) is 23.5. The van der Waals surface area contributed by atoms with Gasteiger partial charge in [-0.2, -0.15) is 0 Å². The van der Waals surface area contributed by atoms with Gasteiger partial charge in [-0.1, -0.05) is 18.2 Å². The lowest BCUT2D eigenvalue weighted by Crippen LogP contribution is -2.29. The number of likely N-dealkylation sites (tertiary alicyclic amines) is 1. The van der Waals surface area contributed by atoms with E-state index in [-0.39, 0.29) is 17.9 Å². The number of methoxy groups -OCH3 is 2. The van der Waals surface area contributed by atoms with Crippen molar-refractivity contribution in [1.82, 2.24) is 9.88 Å². The fourth-order valence-electron chi connectivity index (χ4n) is 4.04. The maximum Gasteiger partial charge on any atom is 0.296 e. The number of ketones is 1. The topological polar surface area (TPSA) is 89.0 Å². The molecule has 1 N–H and O–H groups in total. The smallest absolute Gasteiger partial charge is 0.296 e. The number of carbonyl (C=O) groups excluding carboxylic acids is 2. The second-order valence-electron chi connectivity index (χ2n) is 7.71. The van der Waals surface area contributed by atoms with Crippen LogP contribution in [0.3, 0.4) is 0 Å². The molecule has 0 radical (unpaired) electrons. The van der Waals surface area contributed by atoms with E-state index in [2.05, 4.69) is 4.98 Å². The van der Waals surface area contributed by atoms with Crippen molar-refractivity contribution in [3.8, 4) is 11.5 Å². The van der Waals surface area contributed by atoms with Gasteiger partial charge in [-0.15, -0.1) is 0 Å². The molecule has 0 aliphatic carbocycles. The van der Waals surface area contributed by atoms with Crippen molar-refractivity contribution in [3.63, 3.8) is 0 Å². The molecule has 0 spiro atoms. The number of ether oxygens (including phenoxy) is 2. The number of amides is 1. The molecule has 1 aliphatic rings. The van der Waals surface area contributed by atoms with Gasteiger partial charge in [0.05, 0.1) is 38.1 Å². The van der Waals surface area contributed by atoms with Crippen LogP contribution < -0.4 is 9.47 Å². The van der Waals surface area contributed by atoms with E-state index in [1.165, 1.54) is 4.90 Å². The van der Waals surface area contributed by atoms with Crippen molar-refractivity contribution in [2.24, 2.45) is 0 Å². The quantitative estimate of drug-likeness (QED) is 0.351. The Balaban J connectivity index is 1.89. The highest BCUT2D eigenvalue weighted by molar-refractivity contribution is 6.46. The highest BCUT2D eigenvalue weighted by Gasteiger charge is 2.46. The van der Waals surface area contributed by atoms with E-state index >= 15 is 0 Å². The van der Waals surface area contributed by atoms with Crippen molar-refractivity contribution in [2.45, 2.75) is 19.5 Å². The zero-order valence-corrected chi connectivity index (χ0v) is 18.6. The molecule has 7 nitrogen and oxygen atoms in total. The molecule has 1 atom stereocenters. The summed E-state index contributed by atoms with van der Waals surface area (Å²) < 4.78 is 10.6. The first-order chi connectivity index (χ1) is 15.9. The molecule has 1 aromatic heterocycles. The van der Waals surface area contributed by atoms with Crippen LogP contribution in [0, 0.1) is 6.92 Å². The third-order valence-corrected chi connectivity index (χ3v) is 5.70. The van der Waals surface area contributed by atoms with Gasteiger partial charge in [0.15, 0.2) is 0 Å². The van der Waals surface area contributed by atoms with Gasteiger partial charge < -0.3 is 19.5 Å². The van der Waals surface area contributed by atoms with Crippen molar-refractivity contribution < 1.29 is 24.2 Å². The SMILES string of the molecule is COc1cccc(C2/C(=C(/O)c3ccc(OC)cc3C)C(=O)C(=O)N2Cc2ccccn2)c1. The van der Waals surface area contributed by atoms with Crippen molar-refractivity contribution >= 4 is 17.4 Å². The van der Waals surface area contributed by atoms with Gasteiger partial charge in [0.25, 0.3) is 11.7 Å². The predicted octanol–water partition coefficient (Wildman–Crippen LogP) is 4.03. The second-order valence-corrected chi connectivity index (χ2v) is 7.71. The molecule has 2 aromatic carbocycles. The summed E-state index contributed by atoms with van der Waals surface area (Å²) in [5.41, 5.74) is 2.48. The maximum atomic E-state index is 13.2. The van der Waals surface area contributed by atoms with Gasteiger partial charge in [0, 0.05) is 11.8 Å². The summed E-state index contributed by atoms with van der Waals surface area (Å²) in [6.07, 6.45) is 1.63. The van der Waals surface area contributed by atoms with Crippen LogP contribution in [-0.4, -0.2) is 40.9 Å². The average molecular weight is 444 g/mol. The first-order valence-corrected chi connectivity index (χ1v) is 10.4. The number of hydrogen-bond donors (Lipinski definition) is 1. The van der Waals surface area contributed by atoms with Gasteiger partial charge in [-0.25, -0.2) is 0 Å². The minimum atomic E-state index is -0.802. The van der Waals surface area contributed by atoms with Gasteiger partial charge in [0.2, 0.25) is 0 Å². The fourth-order valence-corrected chi connectivity index (χ4v) is 4.04. The predicted molar refractivity (Wildman–Crippen MR) is 123 cm³/mol. The van der Waals surface area contributed by atoms with Crippen LogP contribution >= 0.6 is 0 Å². The molecular formula is C26H24N2O5. The lowest BCUT2D eigenvalue weighted by molar-refractivity contribution is -0.140. The number of pyridine rings is 1. The van der Waals surface area contributed by atoms with E-state index in [9.17, 15) is 14.7 Å². The third-order valence-electron chi connectivity index (χ3n) is 5.70. The van der Waals surface area contributed by atoms with Crippen molar-refractivity contribution in [2.75, 3.05) is 14.2 Å². The Morgan fingerprint density at radius 2 is 1.76 bits per heavy atom. The summed E-state index contributed by atoms with van der Waals surface area (Å²) in [4.78, 5) is 32.1. The van der Waals surface area contributed by atoms with Gasteiger partial charge in [-0.3, -0.25) is 14.6 Å². The van der Waals surface area contributed by atoms with E-state index in [4.69, 9.17) is 9.47 Å². The van der Waals surface area contributed by atoms with Crippen LogP contribution in [0.25, 0.3) is 5.76 Å². The number of aromatic nitrogens is 1. The standard InChI is InChI=1S/C26H24N2O5/c1-16-13-20(33-3)10-11-21(16)24(29)22-23(17-7-6-9-19(14-17)32-2)28(26(31)25(22)30)15-18-8-4-5-12-27-18/h4-14,23,29H,15H2,1-3H3/b24-22-. The molecule has 0 saturated carbocycles. The van der Waals surface area contributed by atoms with Crippen molar-refractivity contribution in [1.29, 1.82) is 0 Å². The monoisotopic (exact) mass is 444 g/mol. The summed E-state index contributed by atoms with van der Waals surface area (Å²) in [5, 5.41) is 11.3. The molecule has 1 unspecified atom stereocenters. The number of nitrogens with zero attached hydrogens (tertiary/aromatic N) is 2. The number of benzene rings is 2. The van der Waals surface area contributed by atoms with Crippen LogP contribution in [0.15, 0.2) is 72.4 Å². The van der Waals surface area contributed by atoms with Gasteiger partial charge in [0.1, 0.15) is 17.3 Å². The number of Topliss-reactive ketones (excluding diaryl/α,β-unsaturated/α-hetero) is 1. The Morgan fingerprint density at radius 3 is 2.42 bits per heavy atom. The largest absolute Gasteiger partial charge is 0.507 e. The molecule has 168 valence electrons. The van der Waals surface area contributed by atoms with E-state index < -0.39 is 17.7 Å². The Morgan fingerprint density at radius 1 is 1.00 bits per heavy atom. The summed E-state index contributed by atoms with van der Waals surface area (Å²) in [7, 11) is 3.10. The molecule has 4 rings (SSSR count). The Kier molecular flexibility index (Phi) is 6.13. The molecule has 1 amide bonds. The minimum Gasteiger partial charge on any atom is -0.507 e. The minimum absolute atomic E-state index is 0.0254. The molecular weight excluding hydrogens is 420 g/mol. The highest BCUT2D eigenvalue weighted by Crippen LogP contribution is 2.41. The van der Waals surface area contributed by atoms with E-state index in [0.29, 0.717) is 33.9 Å². The number of aryl methyl sites for hydroxylation is 1. The summed E-state index contributed by atoms with van der Waals surface area (Å²) in [5.74, 6) is -0.460. The molecule has 1 aliphatic heterocycles. The Hall–Kier alpha value is -4.13. The number of aliphatic hydroxyl groups excluding tert-OH is 1. The zero-order valence-electron chi connectivity index (χ0n) is 18.6. The number of rotatable bonds is 6. The average Bonchev–Trinajstić information content (AvgIpc) is 3.09. The van der Waals surface area contributed by atoms with Gasteiger partial charge in [-0.05, 0) is 60.5 Å². The molecule has 1 fully saturated rings. The van der Waals surface area contributed by atoms with E-state index in [0.717, 1.165) is 0 Å². The first-order valence-electron chi connectivity index (χ1n) is 10.4. The lowest BCUT2D eigenvalue weighted by Gasteiger charge is -2.25. The van der Waals surface area contributed by atoms with Crippen LogP contribution in [-0.2, 0) is 16.1 Å². The van der Waals surface area contributed by atoms with Gasteiger partial charge >= 0.3 is 0 Å². The molecule has 33 heavy (non-hydrogen) atoms. The lowest BCUT2D eigenvalue weighted by atomic mass is 9.93. The number of hydrogen-bond acceptors (Lipinski definition) is 6. The molecule has 7 heteroatoms. The van der Waals surface area contributed by atoms with Crippen molar-refractivity contribution in [3.05, 3.63) is 94.8 Å². The second kappa shape index (κ2) is 9.16. The van der Waals surface area contributed by atoms with E-state index in [1.807, 2.05) is 13.0 Å². The molecule has 3 aromatic rings. The summed E-state index contributed by atoms with van der Waals surface area (Å²) in [6, 6.07) is 16.9.